The smallest absolute Gasteiger partial charge is 0.234 e. The van der Waals surface area contributed by atoms with Crippen LogP contribution >= 0.6 is 11.8 Å². The minimum absolute atomic E-state index is 0.0282. The highest BCUT2D eigenvalue weighted by Crippen LogP contribution is 2.32. The molecule has 0 saturated heterocycles. The molecule has 1 aromatic carbocycles. The first-order chi connectivity index (χ1) is 14.1. The van der Waals surface area contributed by atoms with E-state index in [0.717, 1.165) is 28.2 Å². The highest BCUT2D eigenvalue weighted by molar-refractivity contribution is 7.99. The molecule has 2 heterocycles. The average molecular weight is 409 g/mol. The molecule has 0 spiro atoms. The lowest BCUT2D eigenvalue weighted by molar-refractivity contribution is -0.113. The molecule has 0 unspecified atom stereocenters. The first-order valence-electron chi connectivity index (χ1n) is 10.4. The maximum atomic E-state index is 12.4. The molecular formula is C23H28N4OS. The number of amides is 1. The fourth-order valence-electron chi connectivity index (χ4n) is 4.18. The van der Waals surface area contributed by atoms with Gasteiger partial charge in [0.2, 0.25) is 5.91 Å². The topological polar surface area (TPSA) is 59.8 Å². The van der Waals surface area contributed by atoms with Crippen molar-refractivity contribution >= 4 is 34.5 Å². The predicted octanol–water partition coefficient (Wildman–Crippen LogP) is 5.43. The summed E-state index contributed by atoms with van der Waals surface area (Å²) in [5.41, 5.74) is 5.11. The summed E-state index contributed by atoms with van der Waals surface area (Å²) in [6.45, 7) is 4.08. The zero-order valence-electron chi connectivity index (χ0n) is 17.1. The lowest BCUT2D eigenvalue weighted by Gasteiger charge is -2.25. The van der Waals surface area contributed by atoms with Gasteiger partial charge in [-0.2, -0.15) is 0 Å². The number of aromatic nitrogens is 3. The van der Waals surface area contributed by atoms with E-state index in [0.29, 0.717) is 17.5 Å². The van der Waals surface area contributed by atoms with E-state index in [1.807, 2.05) is 37.4 Å². The quantitative estimate of drug-likeness (QED) is 0.591. The third-order valence-electron chi connectivity index (χ3n) is 5.58. The number of hydrogen-bond acceptors (Lipinski definition) is 4. The molecule has 1 fully saturated rings. The molecule has 5 nitrogen and oxygen atoms in total. The molecule has 152 valence electrons. The van der Waals surface area contributed by atoms with Gasteiger partial charge in [0.15, 0.2) is 5.65 Å². The first kappa shape index (κ1) is 20.0. The van der Waals surface area contributed by atoms with Crippen molar-refractivity contribution in [3.05, 3.63) is 53.5 Å². The normalized spacial score (nSPS) is 15.0. The number of rotatable bonds is 6. The lowest BCUT2D eigenvalue weighted by atomic mass is 9.95. The summed E-state index contributed by atoms with van der Waals surface area (Å²) in [6, 6.07) is 10.5. The second-order valence-electron chi connectivity index (χ2n) is 7.90. The number of carbonyl (C=O) groups is 1. The SMILES string of the molecule is Cc1ccc(NC(=O)CSCc2nc3cccnc3n2C2CCCCC2)c(C)c1. The van der Waals surface area contributed by atoms with Gasteiger partial charge in [-0.15, -0.1) is 11.8 Å². The van der Waals surface area contributed by atoms with Crippen molar-refractivity contribution in [3.8, 4) is 0 Å². The van der Waals surface area contributed by atoms with Gasteiger partial charge >= 0.3 is 0 Å². The highest BCUT2D eigenvalue weighted by atomic mass is 32.2. The van der Waals surface area contributed by atoms with Gasteiger partial charge in [0.1, 0.15) is 11.3 Å². The van der Waals surface area contributed by atoms with Gasteiger partial charge in [0.05, 0.1) is 11.5 Å². The summed E-state index contributed by atoms with van der Waals surface area (Å²) >= 11 is 1.61. The van der Waals surface area contributed by atoms with Gasteiger partial charge in [-0.1, -0.05) is 37.0 Å². The van der Waals surface area contributed by atoms with Gasteiger partial charge in [0, 0.05) is 17.9 Å². The van der Waals surface area contributed by atoms with Crippen molar-refractivity contribution in [1.29, 1.82) is 0 Å². The molecule has 1 N–H and O–H groups in total. The van der Waals surface area contributed by atoms with E-state index in [1.54, 1.807) is 11.8 Å². The van der Waals surface area contributed by atoms with Crippen LogP contribution < -0.4 is 5.32 Å². The Morgan fingerprint density at radius 3 is 2.83 bits per heavy atom. The molecule has 1 aliphatic rings. The Hall–Kier alpha value is -2.34. The third kappa shape index (κ3) is 4.64. The molecule has 4 rings (SSSR count). The number of pyridine rings is 1. The van der Waals surface area contributed by atoms with E-state index in [-0.39, 0.29) is 5.91 Å². The number of fused-ring (bicyclic) bond motifs is 1. The van der Waals surface area contributed by atoms with Crippen LogP contribution in [0.15, 0.2) is 36.5 Å². The molecule has 1 aliphatic carbocycles. The maximum absolute atomic E-state index is 12.4. The Morgan fingerprint density at radius 1 is 1.21 bits per heavy atom. The van der Waals surface area contributed by atoms with Crippen molar-refractivity contribution in [1.82, 2.24) is 14.5 Å². The number of nitrogens with zero attached hydrogens (tertiary/aromatic N) is 3. The standard InChI is InChI=1S/C23H28N4OS/c1-16-10-11-19(17(2)13-16)26-22(28)15-29-14-21-25-20-9-6-12-24-23(20)27(21)18-7-4-3-5-8-18/h6,9-13,18H,3-5,7-8,14-15H2,1-2H3,(H,26,28). The molecule has 0 radical (unpaired) electrons. The molecule has 1 saturated carbocycles. The molecule has 29 heavy (non-hydrogen) atoms. The second-order valence-corrected chi connectivity index (χ2v) is 8.88. The molecule has 6 heteroatoms. The van der Waals surface area contributed by atoms with Gasteiger partial charge in [-0.25, -0.2) is 9.97 Å². The number of imidazole rings is 1. The Morgan fingerprint density at radius 2 is 2.03 bits per heavy atom. The van der Waals surface area contributed by atoms with Crippen LogP contribution in [0.5, 0.6) is 0 Å². The van der Waals surface area contributed by atoms with Gasteiger partial charge in [-0.3, -0.25) is 4.79 Å². The molecule has 1 amide bonds. The van der Waals surface area contributed by atoms with E-state index < -0.39 is 0 Å². The van der Waals surface area contributed by atoms with Crippen molar-refractivity contribution in [2.45, 2.75) is 57.7 Å². The zero-order chi connectivity index (χ0) is 20.2. The summed E-state index contributed by atoms with van der Waals surface area (Å²) in [6.07, 6.45) is 8.07. The number of carbonyl (C=O) groups excluding carboxylic acids is 1. The number of benzene rings is 1. The Bertz CT molecular complexity index is 1010. The minimum Gasteiger partial charge on any atom is -0.325 e. The van der Waals surface area contributed by atoms with Crippen molar-refractivity contribution < 1.29 is 4.79 Å². The zero-order valence-corrected chi connectivity index (χ0v) is 18.0. The number of nitrogens with one attached hydrogen (secondary N) is 1. The Kier molecular flexibility index (Phi) is 6.19. The molecule has 0 bridgehead atoms. The predicted molar refractivity (Wildman–Crippen MR) is 120 cm³/mol. The summed E-state index contributed by atoms with van der Waals surface area (Å²) < 4.78 is 2.34. The van der Waals surface area contributed by atoms with Gasteiger partial charge in [0.25, 0.3) is 0 Å². The van der Waals surface area contributed by atoms with Crippen LogP contribution in [0, 0.1) is 13.8 Å². The van der Waals surface area contributed by atoms with Crippen LogP contribution in [-0.2, 0) is 10.5 Å². The molecular weight excluding hydrogens is 380 g/mol. The number of thioether (sulfide) groups is 1. The van der Waals surface area contributed by atoms with Crippen LogP contribution in [0.2, 0.25) is 0 Å². The second kappa shape index (κ2) is 8.99. The fourth-order valence-corrected chi connectivity index (χ4v) is 4.92. The number of aryl methyl sites for hydroxylation is 2. The number of hydrogen-bond donors (Lipinski definition) is 1. The summed E-state index contributed by atoms with van der Waals surface area (Å²) in [5.74, 6) is 2.19. The van der Waals surface area contributed by atoms with Crippen LogP contribution in [-0.4, -0.2) is 26.2 Å². The van der Waals surface area contributed by atoms with E-state index in [2.05, 4.69) is 27.9 Å². The Labute approximate surface area is 176 Å². The molecule has 0 aliphatic heterocycles. The first-order valence-corrected chi connectivity index (χ1v) is 11.5. The van der Waals surface area contributed by atoms with E-state index in [1.165, 1.54) is 37.7 Å². The Balaban J connectivity index is 1.43. The van der Waals surface area contributed by atoms with Crippen LogP contribution in [0.3, 0.4) is 0 Å². The monoisotopic (exact) mass is 408 g/mol. The lowest BCUT2D eigenvalue weighted by Crippen LogP contribution is -2.17. The van der Waals surface area contributed by atoms with Crippen LogP contribution in [0.25, 0.3) is 11.2 Å². The maximum Gasteiger partial charge on any atom is 0.234 e. The van der Waals surface area contributed by atoms with E-state index >= 15 is 0 Å². The summed E-state index contributed by atoms with van der Waals surface area (Å²) in [5, 5.41) is 3.03. The van der Waals surface area contributed by atoms with E-state index in [4.69, 9.17) is 4.98 Å². The molecule has 0 atom stereocenters. The summed E-state index contributed by atoms with van der Waals surface area (Å²) in [7, 11) is 0. The molecule has 2 aromatic heterocycles. The van der Waals surface area contributed by atoms with Gasteiger partial charge in [-0.05, 0) is 50.5 Å². The van der Waals surface area contributed by atoms with Gasteiger partial charge < -0.3 is 9.88 Å². The van der Waals surface area contributed by atoms with Crippen molar-refractivity contribution in [3.63, 3.8) is 0 Å². The minimum atomic E-state index is 0.0282. The van der Waals surface area contributed by atoms with Crippen molar-refractivity contribution in [2.75, 3.05) is 11.1 Å². The fraction of sp³-hybridized carbons (Fsp3) is 0.435. The van der Waals surface area contributed by atoms with E-state index in [9.17, 15) is 4.79 Å². The molecule has 3 aromatic rings. The van der Waals surface area contributed by atoms with Crippen LogP contribution in [0.4, 0.5) is 5.69 Å². The van der Waals surface area contributed by atoms with Crippen molar-refractivity contribution in [2.24, 2.45) is 0 Å². The average Bonchev–Trinajstić information content (AvgIpc) is 3.09. The largest absolute Gasteiger partial charge is 0.325 e. The van der Waals surface area contributed by atoms with Crippen LogP contribution in [0.1, 0.15) is 55.1 Å². The number of anilines is 1. The summed E-state index contributed by atoms with van der Waals surface area (Å²) in [4.78, 5) is 21.9. The highest BCUT2D eigenvalue weighted by Gasteiger charge is 2.22. The third-order valence-corrected chi connectivity index (χ3v) is 6.51.